The molecule has 11 heteroatoms. The number of ether oxygens (including phenoxy) is 1. The Bertz CT molecular complexity index is 1820. The monoisotopic (exact) mass is 597 g/mol. The number of carbonyl (C=O) groups excluding carboxylic acids is 1. The molecule has 1 fully saturated rings. The van der Waals surface area contributed by atoms with E-state index >= 15 is 0 Å². The largest absolute Gasteiger partial charge is 0.497 e. The van der Waals surface area contributed by atoms with E-state index in [4.69, 9.17) is 9.84 Å². The summed E-state index contributed by atoms with van der Waals surface area (Å²) < 4.78 is 22.2. The van der Waals surface area contributed by atoms with Crippen molar-refractivity contribution in [3.8, 4) is 11.4 Å². The highest BCUT2D eigenvalue weighted by Crippen LogP contribution is 2.20. The van der Waals surface area contributed by atoms with E-state index in [1.807, 2.05) is 84.6 Å². The first-order valence-corrected chi connectivity index (χ1v) is 14.5. The number of hydrogen-bond donors (Lipinski definition) is 1. The molecule has 1 saturated heterocycles. The van der Waals surface area contributed by atoms with Gasteiger partial charge in [0.25, 0.3) is 11.5 Å². The molecule has 0 spiro atoms. The molecule has 0 unspecified atom stereocenters. The van der Waals surface area contributed by atoms with Crippen LogP contribution >= 0.6 is 0 Å². The minimum absolute atomic E-state index is 0.0771. The van der Waals surface area contributed by atoms with Gasteiger partial charge in [-0.2, -0.15) is 0 Å². The number of hydrogen-bond acceptors (Lipinski definition) is 6. The fourth-order valence-electron chi connectivity index (χ4n) is 5.36. The van der Waals surface area contributed by atoms with E-state index < -0.39 is 0 Å². The third kappa shape index (κ3) is 6.26. The number of imidazole rings is 1. The summed E-state index contributed by atoms with van der Waals surface area (Å²) in [5, 5.41) is 7.85. The lowest BCUT2D eigenvalue weighted by Crippen LogP contribution is -2.39. The molecule has 1 aliphatic heterocycles. The summed E-state index contributed by atoms with van der Waals surface area (Å²) >= 11 is 0. The molecule has 2 aromatic carbocycles. The second kappa shape index (κ2) is 13.4. The van der Waals surface area contributed by atoms with Crippen molar-refractivity contribution in [3.63, 3.8) is 0 Å². The number of para-hydroxylation sites is 1. The average Bonchev–Trinajstić information content (AvgIpc) is 3.74. The molecule has 1 N–H and O–H groups in total. The third-order valence-corrected chi connectivity index (χ3v) is 7.53. The van der Waals surface area contributed by atoms with Crippen LogP contribution in [0.15, 0.2) is 83.8 Å². The van der Waals surface area contributed by atoms with Gasteiger partial charge in [0, 0.05) is 25.7 Å². The number of aromatic nitrogens is 5. The lowest BCUT2D eigenvalue weighted by atomic mass is 10.2. The molecule has 0 bridgehead atoms. The summed E-state index contributed by atoms with van der Waals surface area (Å²) in [7, 11) is 1.55. The molecule has 1 amide bonds. The first kappa shape index (κ1) is 30.3. The van der Waals surface area contributed by atoms with Gasteiger partial charge in [-0.3, -0.25) is 14.3 Å². The van der Waals surface area contributed by atoms with E-state index in [0.717, 1.165) is 35.8 Å². The molecule has 1 atom stereocenters. The Balaban J connectivity index is 0.000000367. The molecule has 4 heterocycles. The Kier molecular flexibility index (Phi) is 9.23. The first-order valence-electron chi connectivity index (χ1n) is 14.5. The zero-order valence-corrected chi connectivity index (χ0v) is 25.3. The number of carbonyl (C=O) groups is 1. The maximum absolute atomic E-state index is 13.3. The van der Waals surface area contributed by atoms with Crippen molar-refractivity contribution in [1.82, 2.24) is 29.3 Å². The highest BCUT2D eigenvalue weighted by molar-refractivity contribution is 5.95. The number of anilines is 1. The zero-order valence-electron chi connectivity index (χ0n) is 25.3. The maximum Gasteiger partial charge on any atom is 0.284 e. The van der Waals surface area contributed by atoms with Crippen LogP contribution in [0.1, 0.15) is 42.0 Å². The quantitative estimate of drug-likeness (QED) is 0.287. The van der Waals surface area contributed by atoms with Crippen LogP contribution in [-0.2, 0) is 6.54 Å². The Morgan fingerprint density at radius 3 is 2.55 bits per heavy atom. The number of nitrogens with one attached hydrogen (secondary N) is 1. The SMILES string of the molecule is C/C=C/c1cnc2ccc(N3CC[C@H](NC(=O)c4c(C)n(CC)n(-c5ccccc5)c4=O)C3)nn12.COc1ccc(F)cc1. The molecule has 1 aliphatic rings. The Labute approximate surface area is 255 Å². The summed E-state index contributed by atoms with van der Waals surface area (Å²) in [6, 6.07) is 19.1. The molecule has 0 radical (unpaired) electrons. The summed E-state index contributed by atoms with van der Waals surface area (Å²) in [5.41, 5.74) is 3.01. The van der Waals surface area contributed by atoms with Crippen LogP contribution in [0.5, 0.6) is 5.75 Å². The summed E-state index contributed by atoms with van der Waals surface area (Å²) in [6.45, 7) is 7.72. The van der Waals surface area contributed by atoms with Crippen LogP contribution < -0.4 is 20.5 Å². The number of halogens is 1. The summed E-state index contributed by atoms with van der Waals surface area (Å²) in [6.07, 6.45) is 6.50. The van der Waals surface area contributed by atoms with E-state index in [2.05, 4.69) is 15.2 Å². The molecule has 0 aliphatic carbocycles. The molecule has 6 rings (SSSR count). The van der Waals surface area contributed by atoms with Crippen LogP contribution in [-0.4, -0.2) is 56.1 Å². The van der Waals surface area contributed by atoms with Gasteiger partial charge >= 0.3 is 0 Å². The fraction of sp³-hybridized carbons (Fsp3) is 0.273. The molecule has 228 valence electrons. The van der Waals surface area contributed by atoms with Gasteiger partial charge < -0.3 is 15.0 Å². The van der Waals surface area contributed by atoms with Gasteiger partial charge in [0.2, 0.25) is 0 Å². The second-order valence-electron chi connectivity index (χ2n) is 10.3. The number of amides is 1. The second-order valence-corrected chi connectivity index (χ2v) is 10.3. The van der Waals surface area contributed by atoms with Gasteiger partial charge in [0.05, 0.1) is 30.4 Å². The van der Waals surface area contributed by atoms with E-state index in [9.17, 15) is 14.0 Å². The third-order valence-electron chi connectivity index (χ3n) is 7.53. The zero-order chi connectivity index (χ0) is 31.2. The van der Waals surface area contributed by atoms with Crippen LogP contribution in [0.3, 0.4) is 0 Å². The number of fused-ring (bicyclic) bond motifs is 1. The van der Waals surface area contributed by atoms with Gasteiger partial charge in [-0.25, -0.2) is 18.6 Å². The Hall–Kier alpha value is -5.19. The Morgan fingerprint density at radius 1 is 1.11 bits per heavy atom. The van der Waals surface area contributed by atoms with Crippen molar-refractivity contribution in [2.24, 2.45) is 0 Å². The van der Waals surface area contributed by atoms with Gasteiger partial charge in [-0.05, 0) is 81.8 Å². The van der Waals surface area contributed by atoms with E-state index in [1.165, 1.54) is 12.1 Å². The van der Waals surface area contributed by atoms with E-state index in [0.29, 0.717) is 24.5 Å². The number of methoxy groups -OCH3 is 1. The van der Waals surface area contributed by atoms with Crippen molar-refractivity contribution in [3.05, 3.63) is 112 Å². The van der Waals surface area contributed by atoms with Gasteiger partial charge in [0.1, 0.15) is 22.9 Å². The van der Waals surface area contributed by atoms with Crippen LogP contribution in [0, 0.1) is 12.7 Å². The predicted molar refractivity (Wildman–Crippen MR) is 169 cm³/mol. The Morgan fingerprint density at radius 2 is 1.86 bits per heavy atom. The molecule has 0 saturated carbocycles. The van der Waals surface area contributed by atoms with E-state index in [1.54, 1.807) is 30.1 Å². The number of nitrogens with zero attached hydrogens (tertiary/aromatic N) is 6. The number of allylic oxidation sites excluding steroid dienone is 1. The molecule has 10 nitrogen and oxygen atoms in total. The van der Waals surface area contributed by atoms with Crippen molar-refractivity contribution in [2.75, 3.05) is 25.1 Å². The van der Waals surface area contributed by atoms with Crippen molar-refractivity contribution in [1.29, 1.82) is 0 Å². The normalized spacial score (nSPS) is 14.6. The smallest absolute Gasteiger partial charge is 0.284 e. The van der Waals surface area contributed by atoms with Gasteiger partial charge in [-0.1, -0.05) is 24.3 Å². The summed E-state index contributed by atoms with van der Waals surface area (Å²) in [4.78, 5) is 33.1. The van der Waals surface area contributed by atoms with Crippen LogP contribution in [0.25, 0.3) is 17.4 Å². The highest BCUT2D eigenvalue weighted by atomic mass is 19.1. The van der Waals surface area contributed by atoms with Crippen molar-refractivity contribution < 1.29 is 13.9 Å². The molecule has 5 aromatic rings. The minimum Gasteiger partial charge on any atom is -0.497 e. The topological polar surface area (TPSA) is 98.7 Å². The van der Waals surface area contributed by atoms with Crippen molar-refractivity contribution >= 4 is 23.4 Å². The molecular weight excluding hydrogens is 561 g/mol. The van der Waals surface area contributed by atoms with Gasteiger partial charge in [0.15, 0.2) is 5.65 Å². The lowest BCUT2D eigenvalue weighted by Gasteiger charge is -2.18. The van der Waals surface area contributed by atoms with E-state index in [-0.39, 0.29) is 28.9 Å². The number of benzene rings is 2. The van der Waals surface area contributed by atoms with Gasteiger partial charge in [-0.15, -0.1) is 5.10 Å². The summed E-state index contributed by atoms with van der Waals surface area (Å²) in [5.74, 6) is 0.939. The lowest BCUT2D eigenvalue weighted by molar-refractivity contribution is 0.0938. The number of rotatable bonds is 7. The predicted octanol–water partition coefficient (Wildman–Crippen LogP) is 4.89. The van der Waals surface area contributed by atoms with Crippen LogP contribution in [0.2, 0.25) is 0 Å². The minimum atomic E-state index is -0.329. The molecule has 44 heavy (non-hydrogen) atoms. The standard InChI is InChI=1S/C26H29N7O2.C7H7FO/c1-4-9-21-16-27-22-12-13-23(29-32(21)22)30-15-14-19(17-30)28-25(34)24-18(3)31(5-2)33(26(24)35)20-10-7-6-8-11-20;1-9-7-4-2-6(8)3-5-7/h4,6-13,16,19H,5,14-15,17H2,1-3H3,(H,28,34);2-5H,1H3/b9-4+;/t19-;/m0./s1. The average molecular weight is 598 g/mol. The molecular formula is C33H36FN7O3. The fourth-order valence-corrected chi connectivity index (χ4v) is 5.36. The first-order chi connectivity index (χ1) is 21.3. The maximum atomic E-state index is 13.3. The van der Waals surface area contributed by atoms with Crippen molar-refractivity contribution in [2.45, 2.75) is 39.8 Å². The van der Waals surface area contributed by atoms with Crippen LogP contribution in [0.4, 0.5) is 10.2 Å². The molecule has 3 aromatic heterocycles. The highest BCUT2D eigenvalue weighted by Gasteiger charge is 2.29.